The van der Waals surface area contributed by atoms with Crippen LogP contribution in [0.1, 0.15) is 27.2 Å². The van der Waals surface area contributed by atoms with E-state index in [1.165, 1.54) is 12.0 Å². The minimum absolute atomic E-state index is 0.254. The minimum Gasteiger partial charge on any atom is -0.496 e. The predicted molar refractivity (Wildman–Crippen MR) is 132 cm³/mol. The quantitative estimate of drug-likeness (QED) is 0.543. The first-order chi connectivity index (χ1) is 16.7. The van der Waals surface area contributed by atoms with Gasteiger partial charge >= 0.3 is 12.1 Å². The molecule has 1 aliphatic heterocycles. The summed E-state index contributed by atoms with van der Waals surface area (Å²) in [5, 5.41) is 4.27. The molecule has 35 heavy (non-hydrogen) atoms. The molecule has 2 heterocycles. The van der Waals surface area contributed by atoms with Gasteiger partial charge in [0.1, 0.15) is 23.2 Å². The highest BCUT2D eigenvalue weighted by atomic mass is 16.6. The third kappa shape index (κ3) is 5.29. The van der Waals surface area contributed by atoms with E-state index in [0.717, 1.165) is 16.5 Å². The summed E-state index contributed by atoms with van der Waals surface area (Å²) in [5.74, 6) is 1.30. The van der Waals surface area contributed by atoms with Gasteiger partial charge in [-0.25, -0.2) is 19.6 Å². The van der Waals surface area contributed by atoms with Crippen LogP contribution in [-0.4, -0.2) is 65.4 Å². The maximum atomic E-state index is 12.8. The standard InChI is InChI=1S/C26H30N4O5/c1-26(2,3)35-25(32)30-15-16(14-20(30)24(31)34-5)27-22-17-10-6-8-12-19(17)28-23(29-22)18-11-7-9-13-21(18)33-4/h6-13,16,20H,14-15H2,1-5H3,(H,27,28,29). The van der Waals surface area contributed by atoms with E-state index >= 15 is 0 Å². The smallest absolute Gasteiger partial charge is 0.411 e. The highest BCUT2D eigenvalue weighted by molar-refractivity contribution is 5.91. The van der Waals surface area contributed by atoms with Gasteiger partial charge < -0.3 is 19.5 Å². The SMILES string of the molecule is COC(=O)C1CC(Nc2nc(-c3ccccc3OC)nc3ccccc23)CN1C(=O)OC(C)(C)C. The Labute approximate surface area is 204 Å². The van der Waals surface area contributed by atoms with Crippen LogP contribution in [0.2, 0.25) is 0 Å². The lowest BCUT2D eigenvalue weighted by molar-refractivity contribution is -0.145. The zero-order valence-corrected chi connectivity index (χ0v) is 20.6. The second kappa shape index (κ2) is 9.77. The molecule has 1 fully saturated rings. The lowest BCUT2D eigenvalue weighted by Gasteiger charge is -2.27. The topological polar surface area (TPSA) is 103 Å². The maximum absolute atomic E-state index is 12.8. The van der Waals surface area contributed by atoms with Crippen molar-refractivity contribution in [1.29, 1.82) is 0 Å². The molecule has 1 aromatic heterocycles. The average molecular weight is 479 g/mol. The van der Waals surface area contributed by atoms with Crippen LogP contribution in [0.25, 0.3) is 22.3 Å². The second-order valence-electron chi connectivity index (χ2n) is 9.36. The van der Waals surface area contributed by atoms with Gasteiger partial charge in [-0.2, -0.15) is 0 Å². The van der Waals surface area contributed by atoms with E-state index in [1.54, 1.807) is 27.9 Å². The summed E-state index contributed by atoms with van der Waals surface area (Å²) < 4.78 is 16.0. The van der Waals surface area contributed by atoms with Gasteiger partial charge in [-0.05, 0) is 45.0 Å². The molecule has 0 radical (unpaired) electrons. The van der Waals surface area contributed by atoms with Crippen LogP contribution in [0.4, 0.5) is 10.6 Å². The zero-order valence-electron chi connectivity index (χ0n) is 20.6. The molecule has 0 bridgehead atoms. The molecule has 0 spiro atoms. The number of aromatic nitrogens is 2. The van der Waals surface area contributed by atoms with E-state index in [2.05, 4.69) is 5.32 Å². The number of anilines is 1. The number of ether oxygens (including phenoxy) is 3. The van der Waals surface area contributed by atoms with Gasteiger partial charge in [0.25, 0.3) is 0 Å². The predicted octanol–water partition coefficient (Wildman–Crippen LogP) is 4.27. The van der Waals surface area contributed by atoms with Gasteiger partial charge in [0.2, 0.25) is 0 Å². The molecule has 2 atom stereocenters. The fraction of sp³-hybridized carbons (Fsp3) is 0.385. The van der Waals surface area contributed by atoms with Gasteiger partial charge in [-0.3, -0.25) is 4.90 Å². The van der Waals surface area contributed by atoms with Gasteiger partial charge in [0.05, 0.1) is 25.3 Å². The molecule has 3 aromatic rings. The fourth-order valence-electron chi connectivity index (χ4n) is 4.15. The number of carbonyl (C=O) groups excluding carboxylic acids is 2. The molecule has 1 aliphatic rings. The Morgan fingerprint density at radius 3 is 2.46 bits per heavy atom. The van der Waals surface area contributed by atoms with Gasteiger partial charge in [-0.15, -0.1) is 0 Å². The summed E-state index contributed by atoms with van der Waals surface area (Å²) in [5.41, 5.74) is 0.839. The summed E-state index contributed by atoms with van der Waals surface area (Å²) >= 11 is 0. The Morgan fingerprint density at radius 2 is 1.74 bits per heavy atom. The first-order valence-corrected chi connectivity index (χ1v) is 11.4. The molecule has 0 saturated carbocycles. The van der Waals surface area contributed by atoms with Gasteiger partial charge in [-0.1, -0.05) is 24.3 Å². The van der Waals surface area contributed by atoms with E-state index in [0.29, 0.717) is 23.8 Å². The maximum Gasteiger partial charge on any atom is 0.411 e. The molecule has 0 aliphatic carbocycles. The van der Waals surface area contributed by atoms with E-state index in [4.69, 9.17) is 24.2 Å². The molecule has 9 heteroatoms. The van der Waals surface area contributed by atoms with Crippen LogP contribution in [0.3, 0.4) is 0 Å². The summed E-state index contributed by atoms with van der Waals surface area (Å²) in [6, 6.07) is 14.2. The van der Waals surface area contributed by atoms with Crippen molar-refractivity contribution < 1.29 is 23.8 Å². The van der Waals surface area contributed by atoms with Crippen LogP contribution in [0.5, 0.6) is 5.75 Å². The molecule has 1 saturated heterocycles. The first-order valence-electron chi connectivity index (χ1n) is 11.4. The number of para-hydroxylation sites is 2. The van der Waals surface area contributed by atoms with Gasteiger partial charge in [0, 0.05) is 24.4 Å². The zero-order chi connectivity index (χ0) is 25.2. The largest absolute Gasteiger partial charge is 0.496 e. The van der Waals surface area contributed by atoms with E-state index < -0.39 is 23.7 Å². The summed E-state index contributed by atoms with van der Waals surface area (Å²) in [7, 11) is 2.92. The summed E-state index contributed by atoms with van der Waals surface area (Å²) in [4.78, 5) is 36.3. The lowest BCUT2D eigenvalue weighted by atomic mass is 10.1. The molecule has 2 aromatic carbocycles. The van der Waals surface area contributed by atoms with E-state index in [1.807, 2.05) is 48.5 Å². The number of fused-ring (bicyclic) bond motifs is 1. The molecule has 9 nitrogen and oxygen atoms in total. The molecular weight excluding hydrogens is 448 g/mol. The normalized spacial score (nSPS) is 17.8. The minimum atomic E-state index is -0.755. The molecular formula is C26H30N4O5. The van der Waals surface area contributed by atoms with E-state index in [9.17, 15) is 9.59 Å². The summed E-state index contributed by atoms with van der Waals surface area (Å²) in [6.07, 6.45) is -0.201. The van der Waals surface area contributed by atoms with Crippen molar-refractivity contribution >= 4 is 28.8 Å². The van der Waals surface area contributed by atoms with Crippen molar-refractivity contribution in [3.05, 3.63) is 48.5 Å². The highest BCUT2D eigenvalue weighted by Crippen LogP contribution is 2.32. The molecule has 2 unspecified atom stereocenters. The number of nitrogens with one attached hydrogen (secondary N) is 1. The van der Waals surface area contributed by atoms with Crippen LogP contribution >= 0.6 is 0 Å². The fourth-order valence-corrected chi connectivity index (χ4v) is 4.15. The van der Waals surface area contributed by atoms with Crippen LogP contribution in [-0.2, 0) is 14.3 Å². The number of benzene rings is 2. The lowest BCUT2D eigenvalue weighted by Crippen LogP contribution is -2.44. The third-order valence-electron chi connectivity index (χ3n) is 5.69. The molecule has 184 valence electrons. The molecule has 1 N–H and O–H groups in total. The Morgan fingerprint density at radius 1 is 1.03 bits per heavy atom. The first kappa shape index (κ1) is 24.3. The molecule has 4 rings (SSSR count). The third-order valence-corrected chi connectivity index (χ3v) is 5.69. The van der Waals surface area contributed by atoms with Crippen molar-refractivity contribution in [3.8, 4) is 17.1 Å². The number of hydrogen-bond donors (Lipinski definition) is 1. The van der Waals surface area contributed by atoms with Crippen LogP contribution < -0.4 is 10.1 Å². The number of carbonyl (C=O) groups is 2. The van der Waals surface area contributed by atoms with Crippen LogP contribution in [0, 0.1) is 0 Å². The Kier molecular flexibility index (Phi) is 6.77. The molecule has 1 amide bonds. The average Bonchev–Trinajstić information content (AvgIpc) is 3.26. The van der Waals surface area contributed by atoms with Gasteiger partial charge in [0.15, 0.2) is 5.82 Å². The van der Waals surface area contributed by atoms with Crippen molar-refractivity contribution in [2.24, 2.45) is 0 Å². The van der Waals surface area contributed by atoms with Crippen molar-refractivity contribution in [2.45, 2.75) is 44.9 Å². The number of hydrogen-bond acceptors (Lipinski definition) is 8. The van der Waals surface area contributed by atoms with Crippen molar-refractivity contribution in [1.82, 2.24) is 14.9 Å². The number of amides is 1. The Hall–Kier alpha value is -3.88. The number of likely N-dealkylation sites (tertiary alicyclic amines) is 1. The number of esters is 1. The van der Waals surface area contributed by atoms with Crippen molar-refractivity contribution in [2.75, 3.05) is 26.1 Å². The Balaban J connectivity index is 1.68. The van der Waals surface area contributed by atoms with E-state index in [-0.39, 0.29) is 12.6 Å². The number of methoxy groups -OCH3 is 2. The highest BCUT2D eigenvalue weighted by Gasteiger charge is 2.42. The second-order valence-corrected chi connectivity index (χ2v) is 9.36. The number of rotatable bonds is 5. The monoisotopic (exact) mass is 478 g/mol. The van der Waals surface area contributed by atoms with Crippen LogP contribution in [0.15, 0.2) is 48.5 Å². The Bertz CT molecular complexity index is 1240. The number of nitrogens with zero attached hydrogens (tertiary/aromatic N) is 3. The van der Waals surface area contributed by atoms with Crippen molar-refractivity contribution in [3.63, 3.8) is 0 Å². The summed E-state index contributed by atoms with van der Waals surface area (Å²) in [6.45, 7) is 5.62.